The van der Waals surface area contributed by atoms with Gasteiger partial charge in [-0.15, -0.1) is 0 Å². The minimum absolute atomic E-state index is 0.0353. The molecule has 2 heterocycles. The Morgan fingerprint density at radius 3 is 2.52 bits per heavy atom. The normalized spacial score (nSPS) is 20.7. The fourth-order valence-corrected chi connectivity index (χ4v) is 3.10. The molecule has 1 amide bonds. The molecule has 0 aromatic carbocycles. The Bertz CT molecular complexity index is 474. The van der Waals surface area contributed by atoms with Crippen LogP contribution in [0.2, 0.25) is 0 Å². The number of anilines is 1. The van der Waals surface area contributed by atoms with Crippen LogP contribution in [0, 0.1) is 0 Å². The van der Waals surface area contributed by atoms with E-state index in [1.165, 1.54) is 12.8 Å². The van der Waals surface area contributed by atoms with E-state index in [1.807, 2.05) is 18.3 Å². The van der Waals surface area contributed by atoms with E-state index in [2.05, 4.69) is 27.1 Å². The van der Waals surface area contributed by atoms with Gasteiger partial charge in [0.2, 0.25) is 0 Å². The molecule has 1 saturated carbocycles. The average molecular weight is 288 g/mol. The number of likely N-dealkylation sites (N-methyl/N-ethyl adjacent to an activating group) is 1. The van der Waals surface area contributed by atoms with Crippen LogP contribution in [-0.4, -0.2) is 55.1 Å². The van der Waals surface area contributed by atoms with Gasteiger partial charge in [0.1, 0.15) is 5.69 Å². The summed E-state index contributed by atoms with van der Waals surface area (Å²) in [5.41, 5.74) is 1.64. The summed E-state index contributed by atoms with van der Waals surface area (Å²) < 4.78 is 0. The lowest BCUT2D eigenvalue weighted by atomic mass is 10.2. The molecule has 0 bridgehead atoms. The molecule has 1 saturated heterocycles. The number of hydrogen-bond acceptors (Lipinski definition) is 4. The van der Waals surface area contributed by atoms with Crippen molar-refractivity contribution in [3.63, 3.8) is 0 Å². The standard InChI is InChI=1S/C16H24N4O/c1-19-8-10-20(11-9-19)14-6-7-15(17-12-14)16(21)18-13-4-2-3-5-13/h6-7,12-13H,2-5,8-11H2,1H3,(H,18,21). The molecule has 0 atom stereocenters. The average Bonchev–Trinajstić information content (AvgIpc) is 3.01. The number of aromatic nitrogens is 1. The van der Waals surface area contributed by atoms with E-state index in [4.69, 9.17) is 0 Å². The predicted octanol–water partition coefficient (Wildman–Crippen LogP) is 1.51. The number of carbonyl (C=O) groups excluding carboxylic acids is 1. The van der Waals surface area contributed by atoms with Crippen molar-refractivity contribution in [1.29, 1.82) is 0 Å². The van der Waals surface area contributed by atoms with Crippen molar-refractivity contribution in [2.75, 3.05) is 38.1 Å². The zero-order valence-corrected chi connectivity index (χ0v) is 12.7. The lowest BCUT2D eigenvalue weighted by Crippen LogP contribution is -2.44. The molecule has 1 aromatic rings. The first kappa shape index (κ1) is 14.3. The maximum Gasteiger partial charge on any atom is 0.270 e. The van der Waals surface area contributed by atoms with Gasteiger partial charge in [-0.1, -0.05) is 12.8 Å². The highest BCUT2D eigenvalue weighted by molar-refractivity contribution is 5.92. The van der Waals surface area contributed by atoms with Gasteiger partial charge < -0.3 is 15.1 Å². The van der Waals surface area contributed by atoms with Gasteiger partial charge in [0.05, 0.1) is 11.9 Å². The fraction of sp³-hybridized carbons (Fsp3) is 0.625. The van der Waals surface area contributed by atoms with E-state index in [1.54, 1.807) is 0 Å². The van der Waals surface area contributed by atoms with Crippen LogP contribution >= 0.6 is 0 Å². The zero-order chi connectivity index (χ0) is 14.7. The molecule has 21 heavy (non-hydrogen) atoms. The molecule has 1 aromatic heterocycles. The van der Waals surface area contributed by atoms with Crippen LogP contribution in [0.25, 0.3) is 0 Å². The van der Waals surface area contributed by atoms with Crippen LogP contribution in [0.4, 0.5) is 5.69 Å². The molecule has 2 aliphatic rings. The molecule has 5 nitrogen and oxygen atoms in total. The molecule has 3 rings (SSSR count). The van der Waals surface area contributed by atoms with E-state index in [0.29, 0.717) is 11.7 Å². The van der Waals surface area contributed by atoms with Crippen molar-refractivity contribution < 1.29 is 4.79 Å². The highest BCUT2D eigenvalue weighted by Crippen LogP contribution is 2.19. The highest BCUT2D eigenvalue weighted by Gasteiger charge is 2.19. The van der Waals surface area contributed by atoms with Crippen molar-refractivity contribution in [2.24, 2.45) is 0 Å². The van der Waals surface area contributed by atoms with Crippen LogP contribution in [0.1, 0.15) is 36.2 Å². The number of pyridine rings is 1. The van der Waals surface area contributed by atoms with E-state index < -0.39 is 0 Å². The first-order valence-corrected chi connectivity index (χ1v) is 7.93. The number of nitrogens with one attached hydrogen (secondary N) is 1. The van der Waals surface area contributed by atoms with Crippen LogP contribution in [0.5, 0.6) is 0 Å². The first-order valence-electron chi connectivity index (χ1n) is 7.93. The number of carbonyl (C=O) groups is 1. The molecule has 1 aliphatic heterocycles. The maximum atomic E-state index is 12.1. The van der Waals surface area contributed by atoms with Crippen molar-refractivity contribution in [2.45, 2.75) is 31.7 Å². The monoisotopic (exact) mass is 288 g/mol. The lowest BCUT2D eigenvalue weighted by molar-refractivity contribution is 0.0933. The third-order valence-electron chi connectivity index (χ3n) is 4.54. The molecule has 0 radical (unpaired) electrons. The Morgan fingerprint density at radius 2 is 1.90 bits per heavy atom. The molecule has 1 aliphatic carbocycles. The van der Waals surface area contributed by atoms with Gasteiger partial charge in [0.25, 0.3) is 5.91 Å². The molecule has 114 valence electrons. The molecule has 0 unspecified atom stereocenters. The Balaban J connectivity index is 1.59. The summed E-state index contributed by atoms with van der Waals surface area (Å²) in [5, 5.41) is 3.08. The maximum absolute atomic E-state index is 12.1. The van der Waals surface area contributed by atoms with Gasteiger partial charge in [0, 0.05) is 32.2 Å². The number of rotatable bonds is 3. The molecule has 5 heteroatoms. The number of amides is 1. The summed E-state index contributed by atoms with van der Waals surface area (Å²) in [6.45, 7) is 4.19. The van der Waals surface area contributed by atoms with Gasteiger partial charge in [0.15, 0.2) is 0 Å². The first-order chi connectivity index (χ1) is 10.2. The van der Waals surface area contributed by atoms with Crippen molar-refractivity contribution >= 4 is 11.6 Å². The minimum atomic E-state index is -0.0353. The molecular weight excluding hydrogens is 264 g/mol. The van der Waals surface area contributed by atoms with E-state index in [-0.39, 0.29) is 5.91 Å². The zero-order valence-electron chi connectivity index (χ0n) is 12.7. The number of piperazine rings is 1. The largest absolute Gasteiger partial charge is 0.368 e. The lowest BCUT2D eigenvalue weighted by Gasteiger charge is -2.33. The van der Waals surface area contributed by atoms with Gasteiger partial charge in [-0.2, -0.15) is 0 Å². The molecule has 0 spiro atoms. The quantitative estimate of drug-likeness (QED) is 0.916. The van der Waals surface area contributed by atoms with Gasteiger partial charge in [-0.3, -0.25) is 4.79 Å². The molecule has 1 N–H and O–H groups in total. The third kappa shape index (κ3) is 3.53. The Labute approximate surface area is 126 Å². The van der Waals surface area contributed by atoms with Crippen LogP contribution in [0.3, 0.4) is 0 Å². The second-order valence-corrected chi connectivity index (χ2v) is 6.15. The van der Waals surface area contributed by atoms with Crippen LogP contribution < -0.4 is 10.2 Å². The molecular formula is C16H24N4O. The number of hydrogen-bond donors (Lipinski definition) is 1. The SMILES string of the molecule is CN1CCN(c2ccc(C(=O)NC3CCCC3)nc2)CC1. The molecule has 2 fully saturated rings. The summed E-state index contributed by atoms with van der Waals surface area (Å²) in [5.74, 6) is -0.0353. The third-order valence-corrected chi connectivity index (χ3v) is 4.54. The number of nitrogens with zero attached hydrogens (tertiary/aromatic N) is 3. The summed E-state index contributed by atoms with van der Waals surface area (Å²) in [7, 11) is 2.14. The Morgan fingerprint density at radius 1 is 1.19 bits per heavy atom. The summed E-state index contributed by atoms with van der Waals surface area (Å²) >= 11 is 0. The van der Waals surface area contributed by atoms with E-state index in [9.17, 15) is 4.79 Å². The van der Waals surface area contributed by atoms with Gasteiger partial charge >= 0.3 is 0 Å². The Kier molecular flexibility index (Phi) is 4.39. The second kappa shape index (κ2) is 6.43. The topological polar surface area (TPSA) is 48.5 Å². The summed E-state index contributed by atoms with van der Waals surface area (Å²) in [6, 6.07) is 4.21. The Hall–Kier alpha value is -1.62. The van der Waals surface area contributed by atoms with Crippen LogP contribution in [-0.2, 0) is 0 Å². The summed E-state index contributed by atoms with van der Waals surface area (Å²) in [6.07, 6.45) is 6.48. The smallest absolute Gasteiger partial charge is 0.270 e. The fourth-order valence-electron chi connectivity index (χ4n) is 3.10. The van der Waals surface area contributed by atoms with Gasteiger partial charge in [-0.05, 0) is 32.0 Å². The summed E-state index contributed by atoms with van der Waals surface area (Å²) in [4.78, 5) is 21.1. The van der Waals surface area contributed by atoms with Crippen molar-refractivity contribution in [3.05, 3.63) is 24.0 Å². The van der Waals surface area contributed by atoms with Crippen molar-refractivity contribution in [3.8, 4) is 0 Å². The predicted molar refractivity (Wildman–Crippen MR) is 83.7 cm³/mol. The van der Waals surface area contributed by atoms with E-state index in [0.717, 1.165) is 44.7 Å². The second-order valence-electron chi connectivity index (χ2n) is 6.15. The van der Waals surface area contributed by atoms with Gasteiger partial charge in [-0.25, -0.2) is 4.98 Å². The highest BCUT2D eigenvalue weighted by atomic mass is 16.1. The van der Waals surface area contributed by atoms with Crippen LogP contribution in [0.15, 0.2) is 18.3 Å². The van der Waals surface area contributed by atoms with E-state index >= 15 is 0 Å². The van der Waals surface area contributed by atoms with Crippen molar-refractivity contribution in [1.82, 2.24) is 15.2 Å². The minimum Gasteiger partial charge on any atom is -0.368 e.